The zero-order chi connectivity index (χ0) is 41.1. The minimum Gasteiger partial charge on any atom is -0.309 e. The van der Waals surface area contributed by atoms with Crippen LogP contribution in [0.2, 0.25) is 0 Å². The zero-order valence-electron chi connectivity index (χ0n) is 33.2. The quantitative estimate of drug-likeness (QED) is 0.178. The molecule has 0 saturated heterocycles. The second-order valence-corrected chi connectivity index (χ2v) is 16.0. The van der Waals surface area contributed by atoms with Crippen molar-refractivity contribution in [1.29, 1.82) is 10.5 Å². The molecule has 0 amide bonds. The standard InChI is InChI=1S/C56H32N6/c57-33-35-27-51(61-49-25-13-9-21-40(49)44-29-42-38-19-7-11-23-47(38)59(53(42)31-55(44)61)36-15-3-1-4-16-36)46(34-58)52(28-35)62-50-26-14-10-22-41(50)45-30-43-39-20-8-12-24-48(39)60(54(43)32-56(45)62)37-17-5-2-6-18-37/h1-32H. The van der Waals surface area contributed by atoms with Crippen molar-refractivity contribution >= 4 is 87.2 Å². The summed E-state index contributed by atoms with van der Waals surface area (Å²) < 4.78 is 9.03. The molecule has 13 rings (SSSR count). The molecule has 4 heterocycles. The van der Waals surface area contributed by atoms with Crippen LogP contribution in [0, 0.1) is 22.7 Å². The molecule has 0 aliphatic rings. The van der Waals surface area contributed by atoms with E-state index < -0.39 is 0 Å². The summed E-state index contributed by atoms with van der Waals surface area (Å²) in [6.07, 6.45) is 0. The molecule has 13 aromatic rings. The number of fused-ring (bicyclic) bond motifs is 12. The summed E-state index contributed by atoms with van der Waals surface area (Å²) in [4.78, 5) is 0. The van der Waals surface area contributed by atoms with Crippen LogP contribution in [0.1, 0.15) is 11.1 Å². The maximum absolute atomic E-state index is 11.5. The van der Waals surface area contributed by atoms with E-state index in [9.17, 15) is 10.5 Å². The Bertz CT molecular complexity index is 3860. The van der Waals surface area contributed by atoms with Crippen LogP contribution in [0.3, 0.4) is 0 Å². The molecule has 6 nitrogen and oxygen atoms in total. The number of rotatable bonds is 4. The van der Waals surface area contributed by atoms with Crippen LogP contribution in [-0.4, -0.2) is 18.3 Å². The first kappa shape index (κ1) is 34.1. The van der Waals surface area contributed by atoms with Crippen molar-refractivity contribution in [2.45, 2.75) is 0 Å². The third kappa shape index (κ3) is 4.61. The smallest absolute Gasteiger partial charge is 0.104 e. The van der Waals surface area contributed by atoms with Gasteiger partial charge in [0.2, 0.25) is 0 Å². The predicted molar refractivity (Wildman–Crippen MR) is 253 cm³/mol. The van der Waals surface area contributed by atoms with Crippen LogP contribution < -0.4 is 0 Å². The van der Waals surface area contributed by atoms with E-state index >= 15 is 0 Å². The van der Waals surface area contributed by atoms with Gasteiger partial charge in [-0.15, -0.1) is 0 Å². The summed E-state index contributed by atoms with van der Waals surface area (Å²) in [6.45, 7) is 0. The third-order valence-electron chi connectivity index (χ3n) is 12.8. The number of aromatic nitrogens is 4. The predicted octanol–water partition coefficient (Wildman–Crippen LogP) is 13.8. The van der Waals surface area contributed by atoms with Crippen molar-refractivity contribution in [2.24, 2.45) is 0 Å². The van der Waals surface area contributed by atoms with Crippen molar-refractivity contribution in [3.8, 4) is 34.9 Å². The molecule has 0 aliphatic heterocycles. The van der Waals surface area contributed by atoms with Crippen LogP contribution >= 0.6 is 0 Å². The average molecular weight is 789 g/mol. The van der Waals surface area contributed by atoms with Gasteiger partial charge in [-0.05, 0) is 84.9 Å². The van der Waals surface area contributed by atoms with Gasteiger partial charge in [-0.3, -0.25) is 0 Å². The second kappa shape index (κ2) is 12.8. The van der Waals surface area contributed by atoms with Gasteiger partial charge < -0.3 is 18.3 Å². The Morgan fingerprint density at radius 3 is 0.952 bits per heavy atom. The molecule has 0 spiro atoms. The van der Waals surface area contributed by atoms with Crippen molar-refractivity contribution in [2.75, 3.05) is 0 Å². The molecule has 0 unspecified atom stereocenters. The minimum absolute atomic E-state index is 0.463. The molecule has 9 aromatic carbocycles. The van der Waals surface area contributed by atoms with Crippen LogP contribution in [0.15, 0.2) is 194 Å². The van der Waals surface area contributed by atoms with Crippen LogP contribution in [0.5, 0.6) is 0 Å². The molecule has 6 heteroatoms. The Balaban J connectivity index is 1.16. The van der Waals surface area contributed by atoms with E-state index in [1.807, 2.05) is 36.4 Å². The highest BCUT2D eigenvalue weighted by atomic mass is 15.0. The fraction of sp³-hybridized carbons (Fsp3) is 0. The molecule has 0 aliphatic carbocycles. The molecule has 0 fully saturated rings. The Morgan fingerprint density at radius 1 is 0.274 bits per heavy atom. The van der Waals surface area contributed by atoms with E-state index in [1.54, 1.807) is 0 Å². The molecule has 0 bridgehead atoms. The van der Waals surface area contributed by atoms with Gasteiger partial charge in [0.15, 0.2) is 0 Å². The zero-order valence-corrected chi connectivity index (χ0v) is 33.2. The van der Waals surface area contributed by atoms with Gasteiger partial charge in [-0.1, -0.05) is 109 Å². The van der Waals surface area contributed by atoms with Crippen molar-refractivity contribution in [3.05, 3.63) is 205 Å². The van der Waals surface area contributed by atoms with Crippen molar-refractivity contribution < 1.29 is 0 Å². The number of benzene rings is 9. The van der Waals surface area contributed by atoms with Gasteiger partial charge in [0, 0.05) is 54.5 Å². The summed E-state index contributed by atoms with van der Waals surface area (Å²) >= 11 is 0. The van der Waals surface area contributed by atoms with Gasteiger partial charge >= 0.3 is 0 Å². The Morgan fingerprint density at radius 2 is 0.597 bits per heavy atom. The summed E-state index contributed by atoms with van der Waals surface area (Å²) in [6, 6.07) is 72.8. The Labute approximate surface area is 354 Å². The topological polar surface area (TPSA) is 67.3 Å². The lowest BCUT2D eigenvalue weighted by molar-refractivity contribution is 1.11. The maximum atomic E-state index is 11.5. The second-order valence-electron chi connectivity index (χ2n) is 16.0. The highest BCUT2D eigenvalue weighted by molar-refractivity contribution is 6.21. The van der Waals surface area contributed by atoms with Gasteiger partial charge in [0.05, 0.1) is 67.1 Å². The molecule has 0 saturated carbocycles. The lowest BCUT2D eigenvalue weighted by Crippen LogP contribution is -2.05. The lowest BCUT2D eigenvalue weighted by atomic mass is 10.1. The fourth-order valence-electron chi connectivity index (χ4n) is 10.2. The molecular formula is C56H32N6. The number of hydrogen-bond acceptors (Lipinski definition) is 2. The third-order valence-corrected chi connectivity index (χ3v) is 12.8. The monoisotopic (exact) mass is 788 g/mol. The SMILES string of the molecule is N#Cc1cc(-n2c3ccccc3c3cc4c5ccccc5n(-c5ccccc5)c4cc32)c(C#N)c(-n2c3ccccc3c3cc4c5ccccc5n(-c5ccccc5)c4cc32)c1. The van der Waals surface area contributed by atoms with E-state index in [4.69, 9.17) is 0 Å². The van der Waals surface area contributed by atoms with E-state index in [2.05, 4.69) is 188 Å². The van der Waals surface area contributed by atoms with E-state index in [1.165, 1.54) is 10.8 Å². The van der Waals surface area contributed by atoms with Crippen molar-refractivity contribution in [1.82, 2.24) is 18.3 Å². The summed E-state index contributed by atoms with van der Waals surface area (Å²) in [5.41, 5.74) is 12.6. The lowest BCUT2D eigenvalue weighted by Gasteiger charge is -2.17. The van der Waals surface area contributed by atoms with Gasteiger partial charge in [0.25, 0.3) is 0 Å². The van der Waals surface area contributed by atoms with Crippen molar-refractivity contribution in [3.63, 3.8) is 0 Å². The molecule has 4 aromatic heterocycles. The van der Waals surface area contributed by atoms with Gasteiger partial charge in [-0.25, -0.2) is 0 Å². The van der Waals surface area contributed by atoms with Crippen LogP contribution in [0.4, 0.5) is 0 Å². The normalized spacial score (nSPS) is 11.8. The number of nitrogens with zero attached hydrogens (tertiary/aromatic N) is 6. The van der Waals surface area contributed by atoms with Crippen LogP contribution in [0.25, 0.3) is 110 Å². The average Bonchev–Trinajstić information content (AvgIpc) is 4.04. The molecular weight excluding hydrogens is 757 g/mol. The first-order valence-corrected chi connectivity index (χ1v) is 20.7. The highest BCUT2D eigenvalue weighted by Crippen LogP contribution is 2.43. The maximum Gasteiger partial charge on any atom is 0.104 e. The number of hydrogen-bond donors (Lipinski definition) is 0. The number of para-hydroxylation sites is 6. The molecule has 0 radical (unpaired) electrons. The van der Waals surface area contributed by atoms with Gasteiger partial charge in [-0.2, -0.15) is 10.5 Å². The summed E-state index contributed by atoms with van der Waals surface area (Å²) in [5, 5.41) is 31.2. The minimum atomic E-state index is 0.463. The molecule has 0 N–H and O–H groups in total. The number of nitriles is 2. The summed E-state index contributed by atoms with van der Waals surface area (Å²) in [7, 11) is 0. The first-order chi connectivity index (χ1) is 30.7. The Hall–Kier alpha value is -8.84. The van der Waals surface area contributed by atoms with E-state index in [-0.39, 0.29) is 0 Å². The summed E-state index contributed by atoms with van der Waals surface area (Å²) in [5.74, 6) is 0. The first-order valence-electron chi connectivity index (χ1n) is 20.7. The molecule has 0 atom stereocenters. The van der Waals surface area contributed by atoms with E-state index in [0.29, 0.717) is 22.5 Å². The highest BCUT2D eigenvalue weighted by Gasteiger charge is 2.25. The van der Waals surface area contributed by atoms with Crippen LogP contribution in [-0.2, 0) is 0 Å². The van der Waals surface area contributed by atoms with E-state index in [0.717, 1.165) is 87.8 Å². The fourth-order valence-corrected chi connectivity index (χ4v) is 10.2. The molecule has 62 heavy (non-hydrogen) atoms. The Kier molecular flexibility index (Phi) is 7.05. The van der Waals surface area contributed by atoms with Gasteiger partial charge in [0.1, 0.15) is 11.6 Å². The molecule has 286 valence electrons. The largest absolute Gasteiger partial charge is 0.309 e.